The van der Waals surface area contributed by atoms with E-state index in [2.05, 4.69) is 92.7 Å². The Labute approximate surface area is 174 Å². The van der Waals surface area contributed by atoms with Crippen molar-refractivity contribution in [2.45, 2.75) is 46.1 Å². The van der Waals surface area contributed by atoms with Gasteiger partial charge in [0, 0.05) is 5.92 Å². The predicted octanol–water partition coefficient (Wildman–Crippen LogP) is 7.12. The average Bonchev–Trinajstić information content (AvgIpc) is 3.58. The number of rotatable bonds is 7. The van der Waals surface area contributed by atoms with Crippen molar-refractivity contribution in [3.63, 3.8) is 0 Å². The van der Waals surface area contributed by atoms with E-state index in [1.807, 2.05) is 6.07 Å². The summed E-state index contributed by atoms with van der Waals surface area (Å²) in [5, 5.41) is 4.59. The second-order valence-corrected chi connectivity index (χ2v) is 8.26. The van der Waals surface area contributed by atoms with Gasteiger partial charge in [-0.2, -0.15) is 0 Å². The van der Waals surface area contributed by atoms with Gasteiger partial charge in [-0.15, -0.1) is 0 Å². The first-order valence-electron chi connectivity index (χ1n) is 10.6. The monoisotopic (exact) mass is 383 g/mol. The minimum Gasteiger partial charge on any atom is -0.391 e. The Balaban J connectivity index is 1.51. The molecule has 4 rings (SSSR count). The quantitative estimate of drug-likeness (QED) is 0.314. The van der Waals surface area contributed by atoms with Gasteiger partial charge in [-0.05, 0) is 59.1 Å². The molecule has 0 radical (unpaired) electrons. The van der Waals surface area contributed by atoms with Crippen LogP contribution in [0.3, 0.4) is 0 Å². The van der Waals surface area contributed by atoms with Crippen LogP contribution in [0.25, 0.3) is 11.1 Å². The van der Waals surface area contributed by atoms with Gasteiger partial charge in [0.15, 0.2) is 0 Å². The highest BCUT2D eigenvalue weighted by molar-refractivity contribution is 6.03. The van der Waals surface area contributed by atoms with Gasteiger partial charge in [-0.25, -0.2) is 0 Å². The highest BCUT2D eigenvalue weighted by Crippen LogP contribution is 2.34. The molecule has 1 aliphatic carbocycles. The molecule has 0 bridgehead atoms. The van der Waals surface area contributed by atoms with Gasteiger partial charge in [0.1, 0.15) is 6.61 Å². The molecule has 0 saturated heterocycles. The largest absolute Gasteiger partial charge is 0.391 e. The number of oxime groups is 1. The van der Waals surface area contributed by atoms with Crippen LogP contribution in [0.4, 0.5) is 0 Å². The van der Waals surface area contributed by atoms with E-state index in [0.29, 0.717) is 18.4 Å². The van der Waals surface area contributed by atoms with Crippen LogP contribution in [-0.2, 0) is 11.4 Å². The Kier molecular flexibility index (Phi) is 5.80. The SMILES string of the molecule is Cc1c(CON=C(c2ccc(C(C)C)cc2)C2CC2)cccc1-c1ccccc1. The molecule has 0 aromatic heterocycles. The molecule has 0 atom stereocenters. The molecule has 148 valence electrons. The minimum absolute atomic E-state index is 0.493. The number of benzene rings is 3. The van der Waals surface area contributed by atoms with Crippen LogP contribution in [-0.4, -0.2) is 5.71 Å². The standard InChI is InChI=1S/C27H29NO/c1-19(2)21-12-14-23(15-13-21)27(24-16-17-24)28-29-18-25-10-7-11-26(20(25)3)22-8-5-4-6-9-22/h4-15,19,24H,16-18H2,1-3H3. The Morgan fingerprint density at radius 3 is 2.31 bits per heavy atom. The molecule has 0 amide bonds. The molecule has 2 heteroatoms. The molecule has 3 aromatic rings. The van der Waals surface area contributed by atoms with Crippen molar-refractivity contribution >= 4 is 5.71 Å². The lowest BCUT2D eigenvalue weighted by atomic mass is 9.97. The lowest BCUT2D eigenvalue weighted by Gasteiger charge is -2.12. The molecule has 0 heterocycles. The molecule has 0 N–H and O–H groups in total. The Hall–Kier alpha value is -2.87. The Morgan fingerprint density at radius 2 is 1.66 bits per heavy atom. The summed E-state index contributed by atoms with van der Waals surface area (Å²) in [6, 6.07) is 25.7. The molecule has 0 spiro atoms. The van der Waals surface area contributed by atoms with E-state index in [0.717, 1.165) is 5.71 Å². The fraction of sp³-hybridized carbons (Fsp3) is 0.296. The first kappa shape index (κ1) is 19.4. The summed E-state index contributed by atoms with van der Waals surface area (Å²) in [5.74, 6) is 1.08. The van der Waals surface area contributed by atoms with Gasteiger partial charge >= 0.3 is 0 Å². The molecule has 3 aromatic carbocycles. The van der Waals surface area contributed by atoms with Crippen molar-refractivity contribution in [3.8, 4) is 11.1 Å². The van der Waals surface area contributed by atoms with Crippen LogP contribution in [0.2, 0.25) is 0 Å². The van der Waals surface area contributed by atoms with Gasteiger partial charge in [-0.1, -0.05) is 91.8 Å². The van der Waals surface area contributed by atoms with Crippen LogP contribution in [0.15, 0.2) is 78.0 Å². The third-order valence-electron chi connectivity index (χ3n) is 5.75. The van der Waals surface area contributed by atoms with Crippen LogP contribution >= 0.6 is 0 Å². The van der Waals surface area contributed by atoms with Crippen LogP contribution in [0.5, 0.6) is 0 Å². The molecule has 2 nitrogen and oxygen atoms in total. The second kappa shape index (κ2) is 8.65. The van der Waals surface area contributed by atoms with Crippen molar-refractivity contribution in [2.75, 3.05) is 0 Å². The zero-order valence-electron chi connectivity index (χ0n) is 17.6. The third kappa shape index (κ3) is 4.59. The summed E-state index contributed by atoms with van der Waals surface area (Å²) in [7, 11) is 0. The van der Waals surface area contributed by atoms with E-state index in [-0.39, 0.29) is 0 Å². The van der Waals surface area contributed by atoms with E-state index >= 15 is 0 Å². The average molecular weight is 384 g/mol. The summed E-state index contributed by atoms with van der Waals surface area (Å²) in [5.41, 5.74) is 8.56. The molecular formula is C27H29NO. The summed E-state index contributed by atoms with van der Waals surface area (Å²) in [6.45, 7) is 7.10. The van der Waals surface area contributed by atoms with E-state index < -0.39 is 0 Å². The smallest absolute Gasteiger partial charge is 0.142 e. The van der Waals surface area contributed by atoms with Crippen LogP contribution < -0.4 is 0 Å². The zero-order valence-corrected chi connectivity index (χ0v) is 17.6. The zero-order chi connectivity index (χ0) is 20.2. The molecular weight excluding hydrogens is 354 g/mol. The first-order chi connectivity index (χ1) is 14.1. The molecule has 0 aliphatic heterocycles. The van der Waals surface area contributed by atoms with Gasteiger partial charge in [-0.3, -0.25) is 0 Å². The molecule has 1 fully saturated rings. The Bertz CT molecular complexity index is 983. The van der Waals surface area contributed by atoms with Crippen molar-refractivity contribution in [2.24, 2.45) is 11.1 Å². The van der Waals surface area contributed by atoms with Gasteiger partial charge in [0.2, 0.25) is 0 Å². The molecule has 1 aliphatic rings. The van der Waals surface area contributed by atoms with Crippen LogP contribution in [0, 0.1) is 12.8 Å². The lowest BCUT2D eigenvalue weighted by Crippen LogP contribution is -2.05. The van der Waals surface area contributed by atoms with Crippen molar-refractivity contribution in [1.29, 1.82) is 0 Å². The fourth-order valence-electron chi connectivity index (χ4n) is 3.70. The van der Waals surface area contributed by atoms with E-state index in [4.69, 9.17) is 4.84 Å². The second-order valence-electron chi connectivity index (χ2n) is 8.26. The van der Waals surface area contributed by atoms with Crippen LogP contribution in [0.1, 0.15) is 54.9 Å². The molecule has 29 heavy (non-hydrogen) atoms. The molecule has 1 saturated carbocycles. The third-order valence-corrected chi connectivity index (χ3v) is 5.75. The Morgan fingerprint density at radius 1 is 0.931 bits per heavy atom. The van der Waals surface area contributed by atoms with Crippen molar-refractivity contribution < 1.29 is 4.84 Å². The highest BCUT2D eigenvalue weighted by atomic mass is 16.6. The topological polar surface area (TPSA) is 21.6 Å². The normalized spacial score (nSPS) is 14.3. The summed E-state index contributed by atoms with van der Waals surface area (Å²) >= 11 is 0. The van der Waals surface area contributed by atoms with E-state index in [9.17, 15) is 0 Å². The molecule has 0 unspecified atom stereocenters. The number of nitrogens with zero attached hydrogens (tertiary/aromatic N) is 1. The number of hydrogen-bond acceptors (Lipinski definition) is 2. The maximum Gasteiger partial charge on any atom is 0.142 e. The summed E-state index contributed by atoms with van der Waals surface area (Å²) < 4.78 is 0. The highest BCUT2D eigenvalue weighted by Gasteiger charge is 2.29. The number of hydrogen-bond donors (Lipinski definition) is 0. The van der Waals surface area contributed by atoms with Crippen molar-refractivity contribution in [1.82, 2.24) is 0 Å². The van der Waals surface area contributed by atoms with Crippen molar-refractivity contribution in [3.05, 3.63) is 95.1 Å². The lowest BCUT2D eigenvalue weighted by molar-refractivity contribution is 0.129. The van der Waals surface area contributed by atoms with Gasteiger partial charge in [0.25, 0.3) is 0 Å². The maximum absolute atomic E-state index is 5.87. The summed E-state index contributed by atoms with van der Waals surface area (Å²) in [4.78, 5) is 5.87. The first-order valence-corrected chi connectivity index (χ1v) is 10.6. The van der Waals surface area contributed by atoms with Gasteiger partial charge in [0.05, 0.1) is 5.71 Å². The summed E-state index contributed by atoms with van der Waals surface area (Å²) in [6.07, 6.45) is 2.41. The maximum atomic E-state index is 5.87. The van der Waals surface area contributed by atoms with E-state index in [1.54, 1.807) is 0 Å². The van der Waals surface area contributed by atoms with E-state index in [1.165, 1.54) is 46.2 Å². The minimum atomic E-state index is 0.493. The fourth-order valence-corrected chi connectivity index (χ4v) is 3.70. The van der Waals surface area contributed by atoms with Gasteiger partial charge < -0.3 is 4.84 Å². The predicted molar refractivity (Wildman–Crippen MR) is 121 cm³/mol.